The number of aromatic nitrogens is 1. The third-order valence-corrected chi connectivity index (χ3v) is 5.16. The second-order valence-corrected chi connectivity index (χ2v) is 7.03. The Bertz CT molecular complexity index is 620. The third kappa shape index (κ3) is 3.65. The molecule has 1 fully saturated rings. The Kier molecular flexibility index (Phi) is 4.74. The summed E-state index contributed by atoms with van der Waals surface area (Å²) in [6, 6.07) is 7.48. The van der Waals surface area contributed by atoms with Crippen LogP contribution in [0.15, 0.2) is 29.6 Å². The number of hydrogen-bond acceptors (Lipinski definition) is 4. The van der Waals surface area contributed by atoms with Crippen LogP contribution in [-0.4, -0.2) is 36.1 Å². The summed E-state index contributed by atoms with van der Waals surface area (Å²) >= 11 is 1.71. The maximum Gasteiger partial charge on any atom is 0.125 e. The predicted octanol–water partition coefficient (Wildman–Crippen LogP) is 3.69. The lowest BCUT2D eigenvalue weighted by Crippen LogP contribution is -2.43. The van der Waals surface area contributed by atoms with Crippen molar-refractivity contribution in [3.05, 3.63) is 46.2 Å². The van der Waals surface area contributed by atoms with E-state index in [1.54, 1.807) is 23.5 Å². The summed E-state index contributed by atoms with van der Waals surface area (Å²) in [6.07, 6.45) is 2.21. The Hall–Kier alpha value is -1.46. The summed E-state index contributed by atoms with van der Waals surface area (Å²) < 4.78 is 13.3. The third-order valence-electron chi connectivity index (χ3n) is 4.34. The first-order chi connectivity index (χ1) is 10.6. The van der Waals surface area contributed by atoms with Crippen molar-refractivity contribution >= 4 is 17.0 Å². The number of piperidine rings is 1. The van der Waals surface area contributed by atoms with Crippen LogP contribution in [0.5, 0.6) is 0 Å². The van der Waals surface area contributed by atoms with Crippen molar-refractivity contribution in [2.45, 2.75) is 32.4 Å². The van der Waals surface area contributed by atoms with Crippen molar-refractivity contribution in [2.24, 2.45) is 0 Å². The van der Waals surface area contributed by atoms with Crippen molar-refractivity contribution in [2.75, 3.05) is 25.0 Å². The fourth-order valence-corrected chi connectivity index (χ4v) is 3.71. The van der Waals surface area contributed by atoms with Crippen LogP contribution in [0.4, 0.5) is 10.1 Å². The van der Waals surface area contributed by atoms with Gasteiger partial charge in [0.05, 0.1) is 10.7 Å². The van der Waals surface area contributed by atoms with Gasteiger partial charge in [-0.2, -0.15) is 0 Å². The van der Waals surface area contributed by atoms with Crippen molar-refractivity contribution in [3.63, 3.8) is 0 Å². The van der Waals surface area contributed by atoms with E-state index < -0.39 is 0 Å². The fourth-order valence-electron chi connectivity index (χ4n) is 3.10. The Morgan fingerprint density at radius 1 is 1.36 bits per heavy atom. The first-order valence-corrected chi connectivity index (χ1v) is 8.61. The molecule has 2 aromatic rings. The predicted molar refractivity (Wildman–Crippen MR) is 90.0 cm³/mol. The van der Waals surface area contributed by atoms with Crippen molar-refractivity contribution in [3.8, 4) is 0 Å². The molecule has 1 aliphatic rings. The van der Waals surface area contributed by atoms with E-state index in [1.165, 1.54) is 6.07 Å². The zero-order valence-electron chi connectivity index (χ0n) is 13.1. The normalized spacial score (nSPS) is 16.5. The monoisotopic (exact) mass is 319 g/mol. The van der Waals surface area contributed by atoms with Crippen LogP contribution >= 0.6 is 11.3 Å². The smallest absolute Gasteiger partial charge is 0.125 e. The molecule has 1 aliphatic heterocycles. The van der Waals surface area contributed by atoms with Gasteiger partial charge in [0.2, 0.25) is 0 Å². The molecule has 5 heteroatoms. The highest BCUT2D eigenvalue weighted by Crippen LogP contribution is 2.23. The molecule has 0 unspecified atom stereocenters. The number of hydrogen-bond donors (Lipinski definition) is 0. The number of halogens is 1. The van der Waals surface area contributed by atoms with Crippen LogP contribution < -0.4 is 4.90 Å². The van der Waals surface area contributed by atoms with Crippen molar-refractivity contribution in [1.29, 1.82) is 0 Å². The van der Waals surface area contributed by atoms with Gasteiger partial charge in [-0.25, -0.2) is 9.37 Å². The molecule has 118 valence electrons. The molecule has 0 spiro atoms. The van der Waals surface area contributed by atoms with Crippen LogP contribution in [0.1, 0.15) is 23.5 Å². The SMILES string of the molecule is Cc1nc(CN(C)C2CCN(c3cccc(F)c3)CC2)cs1. The van der Waals surface area contributed by atoms with Gasteiger partial charge in [0.25, 0.3) is 0 Å². The standard InChI is InChI=1S/C17H22FN3S/c1-13-19-15(12-22-13)11-20(2)16-6-8-21(9-7-16)17-5-3-4-14(18)10-17/h3-5,10,12,16H,6-9,11H2,1-2H3. The summed E-state index contributed by atoms with van der Waals surface area (Å²) in [5.41, 5.74) is 2.16. The number of thiazole rings is 1. The first-order valence-electron chi connectivity index (χ1n) is 7.73. The first kappa shape index (κ1) is 15.4. The molecule has 0 aliphatic carbocycles. The molecule has 0 amide bonds. The van der Waals surface area contributed by atoms with Gasteiger partial charge < -0.3 is 4.90 Å². The van der Waals surface area contributed by atoms with E-state index in [2.05, 4.69) is 27.2 Å². The highest BCUT2D eigenvalue weighted by atomic mass is 32.1. The Morgan fingerprint density at radius 2 is 2.14 bits per heavy atom. The van der Waals surface area contributed by atoms with E-state index in [1.807, 2.05) is 13.0 Å². The molecule has 0 saturated carbocycles. The van der Waals surface area contributed by atoms with Crippen molar-refractivity contribution < 1.29 is 4.39 Å². The van der Waals surface area contributed by atoms with E-state index in [0.29, 0.717) is 6.04 Å². The minimum atomic E-state index is -0.157. The van der Waals surface area contributed by atoms with Gasteiger partial charge >= 0.3 is 0 Å². The number of rotatable bonds is 4. The highest BCUT2D eigenvalue weighted by molar-refractivity contribution is 7.09. The number of nitrogens with zero attached hydrogens (tertiary/aromatic N) is 3. The van der Waals surface area contributed by atoms with Gasteiger partial charge in [-0.05, 0) is 45.0 Å². The molecule has 1 aromatic heterocycles. The average Bonchev–Trinajstić information content (AvgIpc) is 2.92. The number of benzene rings is 1. The maximum atomic E-state index is 13.3. The van der Waals surface area contributed by atoms with Crippen LogP contribution in [0.3, 0.4) is 0 Å². The highest BCUT2D eigenvalue weighted by Gasteiger charge is 2.23. The van der Waals surface area contributed by atoms with Gasteiger partial charge in [-0.1, -0.05) is 6.07 Å². The Labute approximate surface area is 135 Å². The van der Waals surface area contributed by atoms with Gasteiger partial charge in [0.15, 0.2) is 0 Å². The molecule has 3 nitrogen and oxygen atoms in total. The van der Waals surface area contributed by atoms with Gasteiger partial charge in [-0.3, -0.25) is 4.90 Å². The Balaban J connectivity index is 1.55. The molecule has 1 saturated heterocycles. The fraction of sp³-hybridized carbons (Fsp3) is 0.471. The van der Waals surface area contributed by atoms with Crippen LogP contribution in [-0.2, 0) is 6.54 Å². The quantitative estimate of drug-likeness (QED) is 0.857. The molecule has 0 radical (unpaired) electrons. The lowest BCUT2D eigenvalue weighted by Gasteiger charge is -2.37. The lowest BCUT2D eigenvalue weighted by atomic mass is 10.0. The summed E-state index contributed by atoms with van der Waals surface area (Å²) in [5.74, 6) is -0.157. The maximum absolute atomic E-state index is 13.3. The largest absolute Gasteiger partial charge is 0.371 e. The van der Waals surface area contributed by atoms with Gasteiger partial charge in [-0.15, -0.1) is 11.3 Å². The number of aryl methyl sites for hydroxylation is 1. The zero-order chi connectivity index (χ0) is 15.5. The van der Waals surface area contributed by atoms with Crippen LogP contribution in [0.2, 0.25) is 0 Å². The molecule has 22 heavy (non-hydrogen) atoms. The van der Waals surface area contributed by atoms with E-state index in [0.717, 1.165) is 48.9 Å². The minimum Gasteiger partial charge on any atom is -0.371 e. The average molecular weight is 319 g/mol. The molecule has 1 aromatic carbocycles. The number of anilines is 1. The van der Waals surface area contributed by atoms with Gasteiger partial charge in [0, 0.05) is 36.7 Å². The van der Waals surface area contributed by atoms with E-state index >= 15 is 0 Å². The summed E-state index contributed by atoms with van der Waals surface area (Å²) in [5, 5.41) is 3.28. The molecule has 0 N–H and O–H groups in total. The Morgan fingerprint density at radius 3 is 2.77 bits per heavy atom. The lowest BCUT2D eigenvalue weighted by molar-refractivity contribution is 0.198. The van der Waals surface area contributed by atoms with E-state index in [-0.39, 0.29) is 5.82 Å². The topological polar surface area (TPSA) is 19.4 Å². The van der Waals surface area contributed by atoms with Crippen LogP contribution in [0, 0.1) is 12.7 Å². The summed E-state index contributed by atoms with van der Waals surface area (Å²) in [7, 11) is 2.18. The van der Waals surface area contributed by atoms with E-state index in [4.69, 9.17) is 0 Å². The molecule has 0 bridgehead atoms. The summed E-state index contributed by atoms with van der Waals surface area (Å²) in [4.78, 5) is 9.22. The minimum absolute atomic E-state index is 0.157. The summed E-state index contributed by atoms with van der Waals surface area (Å²) in [6.45, 7) is 4.92. The van der Waals surface area contributed by atoms with Crippen molar-refractivity contribution in [1.82, 2.24) is 9.88 Å². The molecule has 0 atom stereocenters. The molecular weight excluding hydrogens is 297 g/mol. The second-order valence-electron chi connectivity index (χ2n) is 5.97. The van der Waals surface area contributed by atoms with Crippen LogP contribution in [0.25, 0.3) is 0 Å². The molecular formula is C17H22FN3S. The molecule has 2 heterocycles. The zero-order valence-corrected chi connectivity index (χ0v) is 13.9. The molecule has 3 rings (SSSR count). The van der Waals surface area contributed by atoms with E-state index in [9.17, 15) is 4.39 Å². The second kappa shape index (κ2) is 6.75. The van der Waals surface area contributed by atoms with Gasteiger partial charge in [0.1, 0.15) is 5.82 Å².